The maximum atomic E-state index is 12.4. The van der Waals surface area contributed by atoms with Crippen LogP contribution in [0, 0.1) is 0 Å². The molecular formula is C13H10N2O4S. The summed E-state index contributed by atoms with van der Waals surface area (Å²) in [5, 5.41) is 2.56. The quantitative estimate of drug-likeness (QED) is 0.770. The van der Waals surface area contributed by atoms with Gasteiger partial charge in [-0.05, 0) is 18.6 Å². The van der Waals surface area contributed by atoms with E-state index in [4.69, 9.17) is 0 Å². The lowest BCUT2D eigenvalue weighted by Crippen LogP contribution is -2.47. The molecule has 1 N–H and O–H groups in total. The second kappa shape index (κ2) is 4.68. The number of benzene rings is 1. The molecule has 102 valence electrons. The lowest BCUT2D eigenvalue weighted by molar-refractivity contribution is -0.135. The lowest BCUT2D eigenvalue weighted by atomic mass is 10.1. The number of carbonyl (C=O) groups excluding carboxylic acids is 2. The van der Waals surface area contributed by atoms with E-state index in [1.165, 1.54) is 0 Å². The van der Waals surface area contributed by atoms with Gasteiger partial charge in [-0.15, -0.1) is 0 Å². The van der Waals surface area contributed by atoms with Gasteiger partial charge >= 0.3 is 4.87 Å². The van der Waals surface area contributed by atoms with Crippen molar-refractivity contribution in [2.75, 3.05) is 0 Å². The predicted molar refractivity (Wildman–Crippen MR) is 73.8 cm³/mol. The highest BCUT2D eigenvalue weighted by Crippen LogP contribution is 2.18. The molecular weight excluding hydrogens is 280 g/mol. The van der Waals surface area contributed by atoms with Crippen LogP contribution in [0.15, 0.2) is 33.9 Å². The first-order chi connectivity index (χ1) is 9.58. The van der Waals surface area contributed by atoms with Gasteiger partial charge in [0.25, 0.3) is 5.56 Å². The molecule has 1 fully saturated rings. The summed E-state index contributed by atoms with van der Waals surface area (Å²) in [5.74, 6) is -0.973. The van der Waals surface area contributed by atoms with Crippen LogP contribution in [0.25, 0.3) is 10.1 Å². The van der Waals surface area contributed by atoms with Crippen LogP contribution in [0.3, 0.4) is 0 Å². The molecule has 3 rings (SSSR count). The summed E-state index contributed by atoms with van der Waals surface area (Å²) in [6, 6.07) is 5.85. The molecule has 2 aromatic rings. The SMILES string of the molecule is O=C1CCC(n2c(=O)sc3ccccc3c2=O)C(=O)N1. The van der Waals surface area contributed by atoms with Crippen LogP contribution in [0.5, 0.6) is 0 Å². The Kier molecular flexibility index (Phi) is 2.98. The van der Waals surface area contributed by atoms with E-state index in [-0.39, 0.29) is 18.7 Å². The molecule has 2 amide bonds. The number of fused-ring (bicyclic) bond motifs is 1. The molecule has 0 saturated carbocycles. The molecule has 6 nitrogen and oxygen atoms in total. The molecule has 1 unspecified atom stereocenters. The first-order valence-electron chi connectivity index (χ1n) is 6.06. The van der Waals surface area contributed by atoms with E-state index in [0.717, 1.165) is 15.9 Å². The smallest absolute Gasteiger partial charge is 0.295 e. The maximum absolute atomic E-state index is 12.4. The van der Waals surface area contributed by atoms with Crippen molar-refractivity contribution >= 4 is 33.2 Å². The fourth-order valence-electron chi connectivity index (χ4n) is 2.29. The largest absolute Gasteiger partial charge is 0.311 e. The van der Waals surface area contributed by atoms with E-state index < -0.39 is 22.4 Å². The summed E-state index contributed by atoms with van der Waals surface area (Å²) in [4.78, 5) is 47.0. The topological polar surface area (TPSA) is 85.2 Å². The Labute approximate surface area is 116 Å². The average Bonchev–Trinajstić information content (AvgIpc) is 2.41. The minimum absolute atomic E-state index is 0.125. The molecule has 7 heteroatoms. The second-order valence-electron chi connectivity index (χ2n) is 4.51. The van der Waals surface area contributed by atoms with Gasteiger partial charge in [0.1, 0.15) is 6.04 Å². The van der Waals surface area contributed by atoms with Crippen LogP contribution in [0.2, 0.25) is 0 Å². The van der Waals surface area contributed by atoms with Gasteiger partial charge in [0, 0.05) is 11.1 Å². The molecule has 0 radical (unpaired) electrons. The van der Waals surface area contributed by atoms with Crippen molar-refractivity contribution in [1.29, 1.82) is 0 Å². The maximum Gasteiger partial charge on any atom is 0.311 e. The summed E-state index contributed by atoms with van der Waals surface area (Å²) in [6.07, 6.45) is 0.296. The number of aromatic nitrogens is 1. The third-order valence-electron chi connectivity index (χ3n) is 3.25. The standard InChI is InChI=1S/C13H10N2O4S/c16-10-6-5-8(11(17)14-10)15-12(18)7-3-1-2-4-9(7)20-13(15)19/h1-4,8H,5-6H2,(H,14,16,17). The normalized spacial score (nSPS) is 19.1. The third kappa shape index (κ3) is 1.96. The van der Waals surface area contributed by atoms with Crippen molar-refractivity contribution < 1.29 is 9.59 Å². The van der Waals surface area contributed by atoms with Gasteiger partial charge in [0.15, 0.2) is 0 Å². The zero-order valence-corrected chi connectivity index (χ0v) is 11.1. The van der Waals surface area contributed by atoms with Gasteiger partial charge in [-0.1, -0.05) is 23.5 Å². The van der Waals surface area contributed by atoms with Gasteiger partial charge in [0.2, 0.25) is 11.8 Å². The van der Waals surface area contributed by atoms with Crippen molar-refractivity contribution in [1.82, 2.24) is 9.88 Å². The monoisotopic (exact) mass is 290 g/mol. The number of hydrogen-bond donors (Lipinski definition) is 1. The van der Waals surface area contributed by atoms with Crippen molar-refractivity contribution in [3.63, 3.8) is 0 Å². The van der Waals surface area contributed by atoms with E-state index in [1.54, 1.807) is 24.3 Å². The molecule has 20 heavy (non-hydrogen) atoms. The zero-order chi connectivity index (χ0) is 14.3. The number of imide groups is 1. The number of nitrogens with zero attached hydrogens (tertiary/aromatic N) is 1. The highest BCUT2D eigenvalue weighted by molar-refractivity contribution is 7.16. The van der Waals surface area contributed by atoms with Crippen LogP contribution >= 0.6 is 11.3 Å². The van der Waals surface area contributed by atoms with E-state index in [9.17, 15) is 19.2 Å². The van der Waals surface area contributed by atoms with Crippen LogP contribution in [0.1, 0.15) is 18.9 Å². The third-order valence-corrected chi connectivity index (χ3v) is 4.20. The number of rotatable bonds is 1. The van der Waals surface area contributed by atoms with Crippen molar-refractivity contribution in [3.05, 3.63) is 44.3 Å². The molecule has 1 aromatic heterocycles. The Bertz CT molecular complexity index is 836. The van der Waals surface area contributed by atoms with Crippen LogP contribution < -0.4 is 15.7 Å². The summed E-state index contributed by atoms with van der Waals surface area (Å²) >= 11 is 0.921. The average molecular weight is 290 g/mol. The Morgan fingerprint density at radius 3 is 2.65 bits per heavy atom. The minimum atomic E-state index is -0.909. The molecule has 1 aliphatic rings. The number of nitrogens with one attached hydrogen (secondary N) is 1. The van der Waals surface area contributed by atoms with Gasteiger partial charge < -0.3 is 0 Å². The van der Waals surface area contributed by atoms with E-state index in [2.05, 4.69) is 5.32 Å². The molecule has 1 atom stereocenters. The highest BCUT2D eigenvalue weighted by atomic mass is 32.1. The van der Waals surface area contributed by atoms with E-state index in [1.807, 2.05) is 0 Å². The van der Waals surface area contributed by atoms with Crippen molar-refractivity contribution in [3.8, 4) is 0 Å². The number of piperidine rings is 1. The Morgan fingerprint density at radius 2 is 1.90 bits per heavy atom. The van der Waals surface area contributed by atoms with Crippen LogP contribution in [-0.4, -0.2) is 16.4 Å². The van der Waals surface area contributed by atoms with Gasteiger partial charge in [-0.3, -0.25) is 29.1 Å². The first kappa shape index (κ1) is 12.7. The van der Waals surface area contributed by atoms with Gasteiger partial charge in [0.05, 0.1) is 5.39 Å². The fourth-order valence-corrected chi connectivity index (χ4v) is 3.19. The van der Waals surface area contributed by atoms with Crippen LogP contribution in [-0.2, 0) is 9.59 Å². The van der Waals surface area contributed by atoms with Crippen molar-refractivity contribution in [2.45, 2.75) is 18.9 Å². The van der Waals surface area contributed by atoms with Gasteiger partial charge in [-0.2, -0.15) is 0 Å². The highest BCUT2D eigenvalue weighted by Gasteiger charge is 2.30. The zero-order valence-electron chi connectivity index (χ0n) is 10.3. The first-order valence-corrected chi connectivity index (χ1v) is 6.87. The Balaban J connectivity index is 2.22. The molecule has 0 spiro atoms. The number of amides is 2. The fraction of sp³-hybridized carbons (Fsp3) is 0.231. The minimum Gasteiger partial charge on any atom is -0.295 e. The molecule has 1 saturated heterocycles. The molecule has 2 heterocycles. The summed E-state index contributed by atoms with van der Waals surface area (Å²) in [7, 11) is 0. The predicted octanol–water partition coefficient (Wildman–Crippen LogP) is 0.401. The Morgan fingerprint density at radius 1 is 1.15 bits per heavy atom. The van der Waals surface area contributed by atoms with Gasteiger partial charge in [-0.25, -0.2) is 0 Å². The second-order valence-corrected chi connectivity index (χ2v) is 5.50. The summed E-state index contributed by atoms with van der Waals surface area (Å²) in [6.45, 7) is 0. The van der Waals surface area contributed by atoms with Crippen LogP contribution in [0.4, 0.5) is 0 Å². The van der Waals surface area contributed by atoms with Crippen molar-refractivity contribution in [2.24, 2.45) is 0 Å². The van der Waals surface area contributed by atoms with E-state index in [0.29, 0.717) is 10.1 Å². The summed E-state index contributed by atoms with van der Waals surface area (Å²) < 4.78 is 1.54. The molecule has 0 bridgehead atoms. The lowest BCUT2D eigenvalue weighted by Gasteiger charge is -2.21. The molecule has 1 aromatic carbocycles. The Hall–Kier alpha value is -2.28. The number of hydrogen-bond acceptors (Lipinski definition) is 5. The van der Waals surface area contributed by atoms with E-state index >= 15 is 0 Å². The molecule has 0 aliphatic carbocycles. The summed E-state index contributed by atoms with van der Waals surface area (Å²) in [5.41, 5.74) is -0.487. The number of carbonyl (C=O) groups is 2. The molecule has 1 aliphatic heterocycles.